The van der Waals surface area contributed by atoms with Gasteiger partial charge in [-0.3, -0.25) is 4.79 Å². The Bertz CT molecular complexity index is 1130. The molecule has 1 saturated heterocycles. The molecule has 9 nitrogen and oxygen atoms in total. The van der Waals surface area contributed by atoms with Crippen LogP contribution < -0.4 is 14.4 Å². The SMILES string of the molecule is COc1ccc(S(=O)(=O)N2C(C)CN(c3ccc(OC(F)(F)F)cn3)CC2C)cc1CC(=O)O. The van der Waals surface area contributed by atoms with Crippen LogP contribution in [-0.4, -0.2) is 67.4 Å². The minimum atomic E-state index is -4.82. The Morgan fingerprint density at radius 3 is 2.32 bits per heavy atom. The molecule has 0 spiro atoms. The Kier molecular flexibility index (Phi) is 7.26. The number of alkyl halides is 3. The summed E-state index contributed by atoms with van der Waals surface area (Å²) in [5.74, 6) is -0.910. The van der Waals surface area contributed by atoms with Crippen LogP contribution in [0.1, 0.15) is 19.4 Å². The minimum Gasteiger partial charge on any atom is -0.496 e. The quantitative estimate of drug-likeness (QED) is 0.615. The molecule has 3 rings (SSSR count). The first-order valence-electron chi connectivity index (χ1n) is 10.2. The van der Waals surface area contributed by atoms with Gasteiger partial charge in [-0.25, -0.2) is 13.4 Å². The summed E-state index contributed by atoms with van der Waals surface area (Å²) in [6.45, 7) is 3.91. The van der Waals surface area contributed by atoms with Crippen LogP contribution in [0.3, 0.4) is 0 Å². The second-order valence-corrected chi connectivity index (χ2v) is 9.73. The van der Waals surface area contributed by atoms with Gasteiger partial charge in [0.15, 0.2) is 0 Å². The molecule has 1 aliphatic rings. The topological polar surface area (TPSA) is 109 Å². The van der Waals surface area contributed by atoms with E-state index in [1.54, 1.807) is 18.7 Å². The van der Waals surface area contributed by atoms with Crippen molar-refractivity contribution in [1.82, 2.24) is 9.29 Å². The molecule has 34 heavy (non-hydrogen) atoms. The average Bonchev–Trinajstić information content (AvgIpc) is 2.72. The second kappa shape index (κ2) is 9.66. The Labute approximate surface area is 194 Å². The highest BCUT2D eigenvalue weighted by atomic mass is 32.2. The van der Waals surface area contributed by atoms with Crippen molar-refractivity contribution in [2.24, 2.45) is 0 Å². The summed E-state index contributed by atoms with van der Waals surface area (Å²) in [5.41, 5.74) is 0.236. The lowest BCUT2D eigenvalue weighted by molar-refractivity contribution is -0.274. The van der Waals surface area contributed by atoms with Crippen LogP contribution in [0.2, 0.25) is 0 Å². The Morgan fingerprint density at radius 1 is 1.18 bits per heavy atom. The molecule has 186 valence electrons. The number of piperazine rings is 1. The van der Waals surface area contributed by atoms with Crippen molar-refractivity contribution in [1.29, 1.82) is 0 Å². The van der Waals surface area contributed by atoms with E-state index < -0.39 is 46.6 Å². The minimum absolute atomic E-state index is 0.0523. The number of carboxylic acid groups (broad SMARTS) is 1. The molecular formula is C21H24F3N3O6S. The standard InChI is InChI=1S/C21H24F3N3O6S/c1-13-11-26(19-7-4-16(10-25-19)33-21(22,23)24)12-14(2)27(13)34(30,31)17-5-6-18(32-3)15(8-17)9-20(28)29/h4-8,10,13-14H,9,11-12H2,1-3H3,(H,28,29). The number of carboxylic acids is 1. The van der Waals surface area contributed by atoms with Gasteiger partial charge in [-0.1, -0.05) is 0 Å². The van der Waals surface area contributed by atoms with Crippen LogP contribution in [0.25, 0.3) is 0 Å². The molecule has 2 heterocycles. The summed E-state index contributed by atoms with van der Waals surface area (Å²) in [4.78, 5) is 16.9. The summed E-state index contributed by atoms with van der Waals surface area (Å²) >= 11 is 0. The lowest BCUT2D eigenvalue weighted by atomic mass is 10.1. The number of ether oxygens (including phenoxy) is 2. The second-order valence-electron chi connectivity index (χ2n) is 7.88. The van der Waals surface area contributed by atoms with Crippen LogP contribution in [0.4, 0.5) is 19.0 Å². The summed E-state index contributed by atoms with van der Waals surface area (Å²) in [7, 11) is -2.61. The molecule has 1 fully saturated rings. The predicted octanol–water partition coefficient (Wildman–Crippen LogP) is 2.90. The monoisotopic (exact) mass is 503 g/mol. The number of hydrogen-bond donors (Lipinski definition) is 1. The van der Waals surface area contributed by atoms with Gasteiger partial charge in [0.1, 0.15) is 17.3 Å². The predicted molar refractivity (Wildman–Crippen MR) is 115 cm³/mol. The van der Waals surface area contributed by atoms with Gasteiger partial charge in [-0.2, -0.15) is 4.31 Å². The van der Waals surface area contributed by atoms with Crippen LogP contribution in [0.5, 0.6) is 11.5 Å². The van der Waals surface area contributed by atoms with E-state index in [1.165, 1.54) is 35.7 Å². The number of sulfonamides is 1. The number of rotatable bonds is 7. The highest BCUT2D eigenvalue weighted by Crippen LogP contribution is 2.31. The normalized spacial score (nSPS) is 19.6. The largest absolute Gasteiger partial charge is 0.573 e. The Morgan fingerprint density at radius 2 is 1.82 bits per heavy atom. The summed E-state index contributed by atoms with van der Waals surface area (Å²) in [6, 6.07) is 5.60. The fourth-order valence-electron chi connectivity index (χ4n) is 4.06. The van der Waals surface area contributed by atoms with E-state index in [4.69, 9.17) is 9.84 Å². The van der Waals surface area contributed by atoms with Crippen LogP contribution >= 0.6 is 0 Å². The molecule has 1 aliphatic heterocycles. The lowest BCUT2D eigenvalue weighted by Crippen LogP contribution is -2.58. The number of pyridine rings is 1. The van der Waals surface area contributed by atoms with E-state index in [9.17, 15) is 26.4 Å². The first-order chi connectivity index (χ1) is 15.8. The highest BCUT2D eigenvalue weighted by molar-refractivity contribution is 7.89. The number of hydrogen-bond acceptors (Lipinski definition) is 7. The molecule has 0 bridgehead atoms. The first-order valence-corrected chi connectivity index (χ1v) is 11.6. The zero-order chi connectivity index (χ0) is 25.3. The highest BCUT2D eigenvalue weighted by Gasteiger charge is 2.39. The van der Waals surface area contributed by atoms with Gasteiger partial charge < -0.3 is 19.5 Å². The van der Waals surface area contributed by atoms with Crippen LogP contribution in [0.15, 0.2) is 41.4 Å². The number of benzene rings is 1. The Balaban J connectivity index is 1.82. The van der Waals surface area contributed by atoms with Crippen molar-refractivity contribution in [3.8, 4) is 11.5 Å². The van der Waals surface area contributed by atoms with E-state index in [0.717, 1.165) is 12.3 Å². The van der Waals surface area contributed by atoms with Crippen molar-refractivity contribution in [2.45, 2.75) is 43.6 Å². The maximum atomic E-state index is 13.4. The smallest absolute Gasteiger partial charge is 0.496 e. The maximum absolute atomic E-state index is 13.4. The van der Waals surface area contributed by atoms with Crippen molar-refractivity contribution in [3.05, 3.63) is 42.1 Å². The number of aliphatic carboxylic acids is 1. The van der Waals surface area contributed by atoms with Crippen LogP contribution in [-0.2, 0) is 21.2 Å². The van der Waals surface area contributed by atoms with Crippen molar-refractivity contribution < 1.29 is 41.0 Å². The van der Waals surface area contributed by atoms with Gasteiger partial charge in [-0.05, 0) is 44.2 Å². The van der Waals surface area contributed by atoms with Crippen LogP contribution in [0, 0.1) is 0 Å². The zero-order valence-corrected chi connectivity index (χ0v) is 19.4. The molecule has 0 radical (unpaired) electrons. The summed E-state index contributed by atoms with van der Waals surface area (Å²) in [6.07, 6.45) is -4.26. The van der Waals surface area contributed by atoms with Gasteiger partial charge in [0, 0.05) is 30.7 Å². The fourth-order valence-corrected chi connectivity index (χ4v) is 5.92. The number of halogens is 3. The zero-order valence-electron chi connectivity index (χ0n) is 18.6. The number of nitrogens with zero attached hydrogens (tertiary/aromatic N) is 3. The van der Waals surface area contributed by atoms with Gasteiger partial charge in [0.05, 0.1) is 24.6 Å². The van der Waals surface area contributed by atoms with Gasteiger partial charge in [0.2, 0.25) is 10.0 Å². The van der Waals surface area contributed by atoms with Crippen molar-refractivity contribution in [2.75, 3.05) is 25.1 Å². The van der Waals surface area contributed by atoms with Gasteiger partial charge >= 0.3 is 12.3 Å². The maximum Gasteiger partial charge on any atom is 0.573 e. The van der Waals surface area contributed by atoms with E-state index in [1.807, 2.05) is 0 Å². The number of anilines is 1. The van der Waals surface area contributed by atoms with Crippen molar-refractivity contribution >= 4 is 21.8 Å². The third-order valence-electron chi connectivity index (χ3n) is 5.29. The van der Waals surface area contributed by atoms with E-state index in [2.05, 4.69) is 9.72 Å². The molecular weight excluding hydrogens is 479 g/mol. The average molecular weight is 503 g/mol. The number of carbonyl (C=O) groups is 1. The summed E-state index contributed by atoms with van der Waals surface area (Å²) < 4.78 is 74.3. The molecule has 1 N–H and O–H groups in total. The van der Waals surface area contributed by atoms with Gasteiger partial charge in [-0.15, -0.1) is 13.2 Å². The molecule has 0 amide bonds. The molecule has 1 aromatic carbocycles. The molecule has 2 aromatic rings. The molecule has 13 heteroatoms. The van der Waals surface area contributed by atoms with Gasteiger partial charge in [0.25, 0.3) is 0 Å². The number of aromatic nitrogens is 1. The molecule has 0 saturated carbocycles. The molecule has 2 unspecified atom stereocenters. The third kappa shape index (κ3) is 5.70. The summed E-state index contributed by atoms with van der Waals surface area (Å²) in [5, 5.41) is 9.13. The van der Waals surface area contributed by atoms with E-state index in [-0.39, 0.29) is 29.3 Å². The third-order valence-corrected chi connectivity index (χ3v) is 7.41. The Hall–Kier alpha value is -3.06. The molecule has 1 aromatic heterocycles. The lowest BCUT2D eigenvalue weighted by Gasteiger charge is -2.43. The fraction of sp³-hybridized carbons (Fsp3) is 0.429. The first kappa shape index (κ1) is 25.6. The molecule has 0 aliphatic carbocycles. The van der Waals surface area contributed by atoms with E-state index in [0.29, 0.717) is 5.82 Å². The molecule has 2 atom stereocenters. The van der Waals surface area contributed by atoms with E-state index >= 15 is 0 Å². The van der Waals surface area contributed by atoms with Crippen molar-refractivity contribution in [3.63, 3.8) is 0 Å². The number of methoxy groups -OCH3 is 1.